The zero-order valence-corrected chi connectivity index (χ0v) is 20.3. The molecule has 3 rings (SSSR count). The number of aromatic nitrogens is 2. The predicted octanol–water partition coefficient (Wildman–Crippen LogP) is 4.28. The second kappa shape index (κ2) is 9.69. The van der Waals surface area contributed by atoms with Gasteiger partial charge < -0.3 is 9.47 Å². The summed E-state index contributed by atoms with van der Waals surface area (Å²) in [6.07, 6.45) is 1.40. The molecule has 0 spiro atoms. The fourth-order valence-electron chi connectivity index (χ4n) is 2.67. The number of rotatable bonds is 6. The van der Waals surface area contributed by atoms with Crippen molar-refractivity contribution in [2.24, 2.45) is 5.10 Å². The summed E-state index contributed by atoms with van der Waals surface area (Å²) in [5, 5.41) is 4.80. The topological polar surface area (TPSA) is 82.8 Å². The molecule has 0 aliphatic carbocycles. The fraction of sp³-hybridized carbons (Fsp3) is 0.238. The molecule has 0 unspecified atom stereocenters. The number of hydrogen-bond donors (Lipinski definition) is 0. The van der Waals surface area contributed by atoms with E-state index in [9.17, 15) is 9.59 Å². The van der Waals surface area contributed by atoms with Crippen molar-refractivity contribution in [2.75, 3.05) is 6.61 Å². The molecule has 0 fully saturated rings. The summed E-state index contributed by atoms with van der Waals surface area (Å²) in [5.74, 6) is 0.639. The Labute approximate surface area is 195 Å². The summed E-state index contributed by atoms with van der Waals surface area (Å²) in [6, 6.07) is 10.8. The van der Waals surface area contributed by atoms with E-state index in [4.69, 9.17) is 9.47 Å². The number of aryl methyl sites for hydroxylation is 1. The first kappa shape index (κ1) is 22.4. The molecule has 0 bridgehead atoms. The zero-order valence-electron chi connectivity index (χ0n) is 16.6. The maximum absolute atomic E-state index is 12.8. The van der Waals surface area contributed by atoms with Crippen molar-refractivity contribution < 1.29 is 14.3 Å². The number of ether oxygens (including phenoxy) is 2. The fourth-order valence-corrected chi connectivity index (χ4v) is 3.72. The first-order valence-electron chi connectivity index (χ1n) is 9.09. The molecule has 30 heavy (non-hydrogen) atoms. The molecule has 0 saturated heterocycles. The van der Waals surface area contributed by atoms with Gasteiger partial charge in [0.05, 0.1) is 26.8 Å². The molecule has 0 atom stereocenters. The van der Waals surface area contributed by atoms with Crippen LogP contribution in [0.4, 0.5) is 0 Å². The van der Waals surface area contributed by atoms with E-state index in [-0.39, 0.29) is 18.3 Å². The van der Waals surface area contributed by atoms with E-state index in [0.717, 1.165) is 13.6 Å². The van der Waals surface area contributed by atoms with Crippen molar-refractivity contribution in [3.63, 3.8) is 0 Å². The van der Waals surface area contributed by atoms with E-state index in [2.05, 4.69) is 48.6 Å². The van der Waals surface area contributed by atoms with Crippen LogP contribution in [0, 0.1) is 10.5 Å². The van der Waals surface area contributed by atoms with Crippen LogP contribution in [-0.2, 0) is 9.53 Å². The summed E-state index contributed by atoms with van der Waals surface area (Å²) in [7, 11) is 0. The van der Waals surface area contributed by atoms with Gasteiger partial charge in [-0.3, -0.25) is 4.79 Å². The van der Waals surface area contributed by atoms with Crippen molar-refractivity contribution in [3.8, 4) is 5.75 Å². The van der Waals surface area contributed by atoms with Gasteiger partial charge in [-0.25, -0.2) is 9.78 Å². The van der Waals surface area contributed by atoms with Crippen LogP contribution in [0.2, 0.25) is 0 Å². The van der Waals surface area contributed by atoms with Crippen molar-refractivity contribution in [1.82, 2.24) is 9.66 Å². The quantitative estimate of drug-likeness (QED) is 0.246. The average Bonchev–Trinajstić information content (AvgIpc) is 2.67. The average molecular weight is 584 g/mol. The summed E-state index contributed by atoms with van der Waals surface area (Å²) in [6.45, 7) is 5.14. The highest BCUT2D eigenvalue weighted by Gasteiger charge is 2.10. The molecule has 0 aliphatic rings. The van der Waals surface area contributed by atoms with E-state index >= 15 is 0 Å². The summed E-state index contributed by atoms with van der Waals surface area (Å²) < 4.78 is 13.5. The molecule has 0 N–H and O–H groups in total. The Morgan fingerprint density at radius 1 is 1.30 bits per heavy atom. The summed E-state index contributed by atoms with van der Waals surface area (Å²) >= 11 is 5.49. The van der Waals surface area contributed by atoms with Crippen LogP contribution >= 0.6 is 38.5 Å². The SMILES string of the molecule is Cc1nc2ccc(Br)cc2c(=O)n1N=Cc1ccc(OCC(=O)OC(C)C)c(I)c1. The van der Waals surface area contributed by atoms with Crippen molar-refractivity contribution in [2.45, 2.75) is 26.9 Å². The van der Waals surface area contributed by atoms with Crippen molar-refractivity contribution in [1.29, 1.82) is 0 Å². The van der Waals surface area contributed by atoms with E-state index in [1.54, 1.807) is 51.3 Å². The number of carbonyl (C=O) groups is 1. The number of fused-ring (bicyclic) bond motifs is 1. The third kappa shape index (κ3) is 5.45. The second-order valence-corrected chi connectivity index (χ2v) is 8.78. The van der Waals surface area contributed by atoms with Crippen LogP contribution < -0.4 is 10.3 Å². The maximum Gasteiger partial charge on any atom is 0.344 e. The molecular formula is C21H19BrIN3O4. The first-order chi connectivity index (χ1) is 14.2. The lowest BCUT2D eigenvalue weighted by atomic mass is 10.2. The first-order valence-corrected chi connectivity index (χ1v) is 11.0. The van der Waals surface area contributed by atoms with Gasteiger partial charge >= 0.3 is 5.97 Å². The lowest BCUT2D eigenvalue weighted by molar-refractivity contribution is -0.149. The summed E-state index contributed by atoms with van der Waals surface area (Å²) in [4.78, 5) is 28.9. The minimum absolute atomic E-state index is 0.158. The van der Waals surface area contributed by atoms with Gasteiger partial charge in [0.1, 0.15) is 11.6 Å². The van der Waals surface area contributed by atoms with Gasteiger partial charge in [0.15, 0.2) is 6.61 Å². The molecule has 0 radical (unpaired) electrons. The Morgan fingerprint density at radius 2 is 2.07 bits per heavy atom. The lowest BCUT2D eigenvalue weighted by Crippen LogP contribution is -2.20. The number of esters is 1. The molecule has 156 valence electrons. The van der Waals surface area contributed by atoms with Crippen LogP contribution in [0.25, 0.3) is 10.9 Å². The third-order valence-electron chi connectivity index (χ3n) is 3.96. The summed E-state index contributed by atoms with van der Waals surface area (Å²) in [5.41, 5.74) is 1.16. The zero-order chi connectivity index (χ0) is 21.8. The van der Waals surface area contributed by atoms with Gasteiger partial charge in [0.2, 0.25) is 0 Å². The van der Waals surface area contributed by atoms with Gasteiger partial charge in [0.25, 0.3) is 5.56 Å². The predicted molar refractivity (Wildman–Crippen MR) is 127 cm³/mol. The Hall–Kier alpha value is -2.27. The number of halogens is 2. The van der Waals surface area contributed by atoms with Gasteiger partial charge in [-0.15, -0.1) is 0 Å². The smallest absolute Gasteiger partial charge is 0.344 e. The van der Waals surface area contributed by atoms with E-state index in [1.807, 2.05) is 12.1 Å². The van der Waals surface area contributed by atoms with Gasteiger partial charge in [-0.05, 0) is 85.3 Å². The highest BCUT2D eigenvalue weighted by molar-refractivity contribution is 14.1. The monoisotopic (exact) mass is 583 g/mol. The highest BCUT2D eigenvalue weighted by Crippen LogP contribution is 2.22. The molecule has 1 heterocycles. The third-order valence-corrected chi connectivity index (χ3v) is 5.30. The van der Waals surface area contributed by atoms with E-state index in [1.165, 1.54) is 4.68 Å². The van der Waals surface area contributed by atoms with E-state index < -0.39 is 5.97 Å². The Kier molecular flexibility index (Phi) is 7.24. The molecular weight excluding hydrogens is 565 g/mol. The Morgan fingerprint density at radius 3 is 2.77 bits per heavy atom. The van der Waals surface area contributed by atoms with Crippen LogP contribution in [0.15, 0.2) is 50.8 Å². The minimum Gasteiger partial charge on any atom is -0.481 e. The minimum atomic E-state index is -0.420. The maximum atomic E-state index is 12.8. The van der Waals surface area contributed by atoms with Crippen molar-refractivity contribution >= 4 is 61.6 Å². The van der Waals surface area contributed by atoms with Crippen LogP contribution in [0.5, 0.6) is 5.75 Å². The normalized spacial score (nSPS) is 11.4. The second-order valence-electron chi connectivity index (χ2n) is 6.70. The number of hydrogen-bond acceptors (Lipinski definition) is 6. The highest BCUT2D eigenvalue weighted by atomic mass is 127. The molecule has 2 aromatic carbocycles. The molecule has 9 heteroatoms. The van der Waals surface area contributed by atoms with Gasteiger partial charge in [-0.1, -0.05) is 15.9 Å². The molecule has 3 aromatic rings. The standard InChI is InChI=1S/C21H19BrIN3O4/c1-12(2)30-20(27)11-29-19-7-4-14(8-17(19)23)10-24-26-13(3)25-18-6-5-15(22)9-16(18)21(26)28/h4-10,12H,11H2,1-3H3. The molecule has 0 amide bonds. The van der Waals surface area contributed by atoms with Gasteiger partial charge in [-0.2, -0.15) is 9.78 Å². The molecule has 7 nitrogen and oxygen atoms in total. The largest absolute Gasteiger partial charge is 0.481 e. The number of benzene rings is 2. The number of nitrogens with zero attached hydrogens (tertiary/aromatic N) is 3. The van der Waals surface area contributed by atoms with Gasteiger partial charge in [0, 0.05) is 4.47 Å². The Bertz CT molecular complexity index is 1190. The van der Waals surface area contributed by atoms with Crippen LogP contribution in [-0.4, -0.2) is 34.6 Å². The molecule has 0 saturated carbocycles. The number of carbonyl (C=O) groups excluding carboxylic acids is 1. The molecule has 0 aliphatic heterocycles. The Balaban J connectivity index is 1.81. The molecule has 1 aromatic heterocycles. The van der Waals surface area contributed by atoms with Crippen LogP contribution in [0.1, 0.15) is 25.2 Å². The van der Waals surface area contributed by atoms with Crippen molar-refractivity contribution in [3.05, 3.63) is 66.2 Å². The van der Waals surface area contributed by atoms with E-state index in [0.29, 0.717) is 22.5 Å². The van der Waals surface area contributed by atoms with Crippen LogP contribution in [0.3, 0.4) is 0 Å². The lowest BCUT2D eigenvalue weighted by Gasteiger charge is -2.10.